The molecule has 1 saturated heterocycles. The molecule has 8 nitrogen and oxygen atoms in total. The van der Waals surface area contributed by atoms with Crippen molar-refractivity contribution in [2.45, 2.75) is 0 Å². The van der Waals surface area contributed by atoms with E-state index in [4.69, 9.17) is 13.9 Å². The Labute approximate surface area is 184 Å². The molecule has 0 bridgehead atoms. The molecule has 0 atom stereocenters. The topological polar surface area (TPSA) is 84.7 Å². The van der Waals surface area contributed by atoms with Crippen LogP contribution < -0.4 is 10.1 Å². The van der Waals surface area contributed by atoms with E-state index in [9.17, 15) is 5.21 Å². The van der Waals surface area contributed by atoms with Gasteiger partial charge in [-0.2, -0.15) is 0 Å². The summed E-state index contributed by atoms with van der Waals surface area (Å²) in [5, 5.41) is 14.2. The van der Waals surface area contributed by atoms with Crippen LogP contribution >= 0.6 is 12.4 Å². The van der Waals surface area contributed by atoms with E-state index in [1.807, 2.05) is 47.0 Å². The number of ether oxygens (including phenoxy) is 2. The molecule has 1 aliphatic rings. The highest BCUT2D eigenvalue weighted by Crippen LogP contribution is 2.27. The predicted molar refractivity (Wildman–Crippen MR) is 118 cm³/mol. The van der Waals surface area contributed by atoms with Crippen LogP contribution in [0.3, 0.4) is 0 Å². The summed E-state index contributed by atoms with van der Waals surface area (Å²) >= 11 is 0. The van der Waals surface area contributed by atoms with Crippen molar-refractivity contribution in [2.75, 3.05) is 39.5 Å². The average molecular weight is 443 g/mol. The number of rotatable bonds is 5. The zero-order valence-corrected chi connectivity index (χ0v) is 17.6. The van der Waals surface area contributed by atoms with Crippen LogP contribution in [0.4, 0.5) is 0 Å². The Morgan fingerprint density at radius 2 is 2.00 bits per heavy atom. The first-order chi connectivity index (χ1) is 14.8. The largest absolute Gasteiger partial charge is 0.491 e. The number of hydrogen-bond acceptors (Lipinski definition) is 7. The summed E-state index contributed by atoms with van der Waals surface area (Å²) in [5.74, 6) is 1.14. The molecular formula is C22H23ClN4O4. The Morgan fingerprint density at radius 1 is 1.13 bits per heavy atom. The lowest BCUT2D eigenvalue weighted by atomic mass is 10.1. The van der Waals surface area contributed by atoms with Gasteiger partial charge in [-0.1, -0.05) is 11.2 Å². The molecule has 0 radical (unpaired) electrons. The number of halogens is 1. The quantitative estimate of drug-likeness (QED) is 0.377. The highest BCUT2D eigenvalue weighted by Gasteiger charge is 2.14. The van der Waals surface area contributed by atoms with Crippen LogP contribution in [0.2, 0.25) is 0 Å². The van der Waals surface area contributed by atoms with Crippen LogP contribution in [-0.4, -0.2) is 58.9 Å². The lowest BCUT2D eigenvalue weighted by Gasteiger charge is -2.26. The molecule has 0 saturated carbocycles. The van der Waals surface area contributed by atoms with E-state index in [0.29, 0.717) is 40.1 Å². The minimum atomic E-state index is 0. The zero-order valence-electron chi connectivity index (χ0n) is 16.8. The first-order valence-corrected chi connectivity index (χ1v) is 9.93. The van der Waals surface area contributed by atoms with Crippen molar-refractivity contribution < 1.29 is 19.1 Å². The normalized spacial score (nSPS) is 15.3. The van der Waals surface area contributed by atoms with Gasteiger partial charge in [-0.05, 0) is 30.3 Å². The van der Waals surface area contributed by atoms with Gasteiger partial charge in [0.05, 0.1) is 24.9 Å². The lowest BCUT2D eigenvalue weighted by Crippen LogP contribution is -2.38. The maximum atomic E-state index is 9.68. The molecule has 1 fully saturated rings. The standard InChI is InChI=1S/C22H22N4O4.ClH/c27-24-18-14-21(17-13-16-3-2-6-26(16)15-23-17)30-20-5-1-4-19(22(18)20)29-12-9-25-7-10-28-11-8-25;/h1-6,13-15,27H,7-12H2;1H. The molecule has 1 N–H and O–H groups in total. The van der Waals surface area contributed by atoms with Gasteiger partial charge in [0.1, 0.15) is 29.0 Å². The number of benzene rings is 1. The average Bonchev–Trinajstić information content (AvgIpc) is 3.27. The van der Waals surface area contributed by atoms with Crippen molar-refractivity contribution in [3.05, 3.63) is 60.3 Å². The molecule has 9 heteroatoms. The fraction of sp³-hybridized carbons (Fsp3) is 0.273. The zero-order chi connectivity index (χ0) is 20.3. The number of hydrogen-bond donors (Lipinski definition) is 1. The van der Waals surface area contributed by atoms with E-state index >= 15 is 0 Å². The molecular weight excluding hydrogens is 420 g/mol. The SMILES string of the molecule is Cl.ON=c1cc(-c2cc3cccn3cn2)oc2cccc(OCCN3CCOCC3)c12. The Morgan fingerprint density at radius 3 is 2.84 bits per heavy atom. The van der Waals surface area contributed by atoms with Gasteiger partial charge in [0.15, 0.2) is 5.76 Å². The van der Waals surface area contributed by atoms with Crippen LogP contribution in [0.25, 0.3) is 27.9 Å². The molecule has 31 heavy (non-hydrogen) atoms. The van der Waals surface area contributed by atoms with Crippen molar-refractivity contribution >= 4 is 28.9 Å². The summed E-state index contributed by atoms with van der Waals surface area (Å²) < 4.78 is 19.4. The van der Waals surface area contributed by atoms with Crippen molar-refractivity contribution in [3.63, 3.8) is 0 Å². The molecule has 4 heterocycles. The van der Waals surface area contributed by atoms with Gasteiger partial charge >= 0.3 is 0 Å². The fourth-order valence-electron chi connectivity index (χ4n) is 3.70. The molecule has 3 aromatic heterocycles. The van der Waals surface area contributed by atoms with Crippen LogP contribution in [-0.2, 0) is 4.74 Å². The molecule has 0 aliphatic carbocycles. The second-order valence-electron chi connectivity index (χ2n) is 7.14. The maximum Gasteiger partial charge on any atom is 0.155 e. The van der Waals surface area contributed by atoms with E-state index in [0.717, 1.165) is 38.4 Å². The molecule has 4 aromatic rings. The van der Waals surface area contributed by atoms with Gasteiger partial charge in [-0.15, -0.1) is 12.4 Å². The summed E-state index contributed by atoms with van der Waals surface area (Å²) in [4.78, 5) is 6.76. The van der Waals surface area contributed by atoms with Gasteiger partial charge in [0.2, 0.25) is 0 Å². The van der Waals surface area contributed by atoms with Crippen LogP contribution in [0, 0.1) is 0 Å². The highest BCUT2D eigenvalue weighted by atomic mass is 35.5. The number of morpholine rings is 1. The Hall–Kier alpha value is -3.07. The van der Waals surface area contributed by atoms with Crippen molar-refractivity contribution in [2.24, 2.45) is 5.16 Å². The summed E-state index contributed by atoms with van der Waals surface area (Å²) in [5.41, 5.74) is 2.23. The predicted octanol–water partition coefficient (Wildman–Crippen LogP) is 3.17. The second kappa shape index (κ2) is 9.38. The van der Waals surface area contributed by atoms with Crippen molar-refractivity contribution in [3.8, 4) is 17.2 Å². The minimum absolute atomic E-state index is 0. The van der Waals surface area contributed by atoms with E-state index < -0.39 is 0 Å². The smallest absolute Gasteiger partial charge is 0.155 e. The summed E-state index contributed by atoms with van der Waals surface area (Å²) in [6, 6.07) is 13.1. The van der Waals surface area contributed by atoms with Crippen LogP contribution in [0.1, 0.15) is 0 Å². The second-order valence-corrected chi connectivity index (χ2v) is 7.14. The van der Waals surface area contributed by atoms with Crippen molar-refractivity contribution in [1.29, 1.82) is 0 Å². The van der Waals surface area contributed by atoms with E-state index in [2.05, 4.69) is 15.0 Å². The number of nitrogens with zero attached hydrogens (tertiary/aromatic N) is 4. The highest BCUT2D eigenvalue weighted by molar-refractivity contribution is 5.85. The molecule has 0 unspecified atom stereocenters. The summed E-state index contributed by atoms with van der Waals surface area (Å²) in [7, 11) is 0. The van der Waals surface area contributed by atoms with Gasteiger partial charge < -0.3 is 23.5 Å². The van der Waals surface area contributed by atoms with Gasteiger partial charge in [-0.25, -0.2) is 4.98 Å². The first-order valence-electron chi connectivity index (χ1n) is 9.93. The molecule has 5 rings (SSSR count). The Balaban J connectivity index is 0.00000231. The lowest BCUT2D eigenvalue weighted by molar-refractivity contribution is 0.0323. The third-order valence-corrected chi connectivity index (χ3v) is 5.28. The number of fused-ring (bicyclic) bond motifs is 2. The van der Waals surface area contributed by atoms with E-state index in [1.165, 1.54) is 0 Å². The Kier molecular flexibility index (Phi) is 6.41. The maximum absolute atomic E-state index is 9.68. The summed E-state index contributed by atoms with van der Waals surface area (Å²) in [6.45, 7) is 4.67. The number of aromatic nitrogens is 2. The monoisotopic (exact) mass is 442 g/mol. The molecule has 1 aliphatic heterocycles. The van der Waals surface area contributed by atoms with Gasteiger partial charge in [0.25, 0.3) is 0 Å². The molecule has 0 spiro atoms. The van der Waals surface area contributed by atoms with Gasteiger partial charge in [-0.3, -0.25) is 4.90 Å². The molecule has 1 aromatic carbocycles. The third-order valence-electron chi connectivity index (χ3n) is 5.28. The molecule has 162 valence electrons. The molecule has 0 amide bonds. The van der Waals surface area contributed by atoms with E-state index in [-0.39, 0.29) is 12.4 Å². The van der Waals surface area contributed by atoms with Crippen LogP contribution in [0.15, 0.2) is 64.6 Å². The Bertz CT molecular complexity index is 1250. The first kappa shape index (κ1) is 21.2. The van der Waals surface area contributed by atoms with Gasteiger partial charge in [0, 0.05) is 37.4 Å². The minimum Gasteiger partial charge on any atom is -0.491 e. The van der Waals surface area contributed by atoms with Crippen molar-refractivity contribution in [1.82, 2.24) is 14.3 Å². The summed E-state index contributed by atoms with van der Waals surface area (Å²) in [6.07, 6.45) is 3.66. The van der Waals surface area contributed by atoms with Crippen LogP contribution in [0.5, 0.6) is 5.75 Å². The van der Waals surface area contributed by atoms with E-state index in [1.54, 1.807) is 12.4 Å². The fourth-order valence-corrected chi connectivity index (χ4v) is 3.70. The third kappa shape index (κ3) is 4.36.